The van der Waals surface area contributed by atoms with Crippen molar-refractivity contribution in [3.8, 4) is 5.75 Å². The van der Waals surface area contributed by atoms with Gasteiger partial charge in [0.05, 0.1) is 12.1 Å². The highest BCUT2D eigenvalue weighted by Crippen LogP contribution is 2.32. The summed E-state index contributed by atoms with van der Waals surface area (Å²) in [5, 5.41) is 10.7. The second-order valence-electron chi connectivity index (χ2n) is 5.82. The third kappa shape index (κ3) is 1.73. The normalized spacial score (nSPS) is 13.9. The highest BCUT2D eigenvalue weighted by atomic mass is 16.3. The molecule has 1 aromatic heterocycles. The summed E-state index contributed by atoms with van der Waals surface area (Å²) in [7, 11) is 2.03. The number of nitrogens with zero attached hydrogens (tertiary/aromatic N) is 2. The zero-order chi connectivity index (χ0) is 15.4. The van der Waals surface area contributed by atoms with Gasteiger partial charge in [0.25, 0.3) is 5.91 Å². The molecular formula is C18H16N2O2. The number of rotatable bonds is 1. The summed E-state index contributed by atoms with van der Waals surface area (Å²) < 4.78 is 2.12. The van der Waals surface area contributed by atoms with Crippen LogP contribution in [0, 0.1) is 6.92 Å². The molecule has 1 amide bonds. The summed E-state index contributed by atoms with van der Waals surface area (Å²) in [6, 6.07) is 13.2. The molecule has 0 saturated heterocycles. The Morgan fingerprint density at radius 2 is 1.91 bits per heavy atom. The van der Waals surface area contributed by atoms with Crippen LogP contribution < -0.4 is 4.90 Å². The fourth-order valence-corrected chi connectivity index (χ4v) is 3.12. The van der Waals surface area contributed by atoms with Crippen LogP contribution in [0.1, 0.15) is 21.6 Å². The minimum atomic E-state index is -0.0591. The largest absolute Gasteiger partial charge is 0.508 e. The first-order chi connectivity index (χ1) is 10.5. The monoisotopic (exact) mass is 292 g/mol. The van der Waals surface area contributed by atoms with E-state index in [2.05, 4.69) is 17.6 Å². The van der Waals surface area contributed by atoms with Crippen LogP contribution in [-0.4, -0.2) is 15.6 Å². The van der Waals surface area contributed by atoms with Gasteiger partial charge in [-0.2, -0.15) is 0 Å². The van der Waals surface area contributed by atoms with Crippen molar-refractivity contribution in [1.29, 1.82) is 0 Å². The van der Waals surface area contributed by atoms with Gasteiger partial charge >= 0.3 is 0 Å². The molecule has 1 aliphatic heterocycles. The Bertz CT molecular complexity index is 924. The molecule has 4 nitrogen and oxygen atoms in total. The molecular weight excluding hydrogens is 276 g/mol. The molecule has 0 fully saturated rings. The summed E-state index contributed by atoms with van der Waals surface area (Å²) in [5.41, 5.74) is 4.72. The van der Waals surface area contributed by atoms with E-state index in [4.69, 9.17) is 0 Å². The van der Waals surface area contributed by atoms with E-state index in [0.29, 0.717) is 12.1 Å². The molecule has 0 unspecified atom stereocenters. The van der Waals surface area contributed by atoms with E-state index < -0.39 is 0 Å². The highest BCUT2D eigenvalue weighted by molar-refractivity contribution is 6.10. The van der Waals surface area contributed by atoms with Crippen molar-refractivity contribution < 1.29 is 9.90 Å². The average molecular weight is 292 g/mol. The smallest absolute Gasteiger partial charge is 0.259 e. The molecule has 1 N–H and O–H groups in total. The fraction of sp³-hybridized carbons (Fsp3) is 0.167. The van der Waals surface area contributed by atoms with E-state index in [1.165, 1.54) is 11.1 Å². The van der Waals surface area contributed by atoms with Gasteiger partial charge < -0.3 is 14.6 Å². The first kappa shape index (κ1) is 13.0. The maximum Gasteiger partial charge on any atom is 0.259 e. The van der Waals surface area contributed by atoms with Gasteiger partial charge in [-0.3, -0.25) is 4.79 Å². The molecule has 0 atom stereocenters. The van der Waals surface area contributed by atoms with Crippen LogP contribution in [0.5, 0.6) is 5.75 Å². The van der Waals surface area contributed by atoms with Gasteiger partial charge in [0.1, 0.15) is 5.75 Å². The number of aromatic hydroxyl groups is 1. The SMILES string of the molecule is Cc1cc2ccc(N3Cc4ccc(O)cc4C3=O)cc2n1C. The van der Waals surface area contributed by atoms with Crippen LogP contribution in [0.25, 0.3) is 10.9 Å². The van der Waals surface area contributed by atoms with Gasteiger partial charge in [-0.1, -0.05) is 12.1 Å². The van der Waals surface area contributed by atoms with Gasteiger partial charge in [0, 0.05) is 24.0 Å². The van der Waals surface area contributed by atoms with Gasteiger partial charge in [-0.15, -0.1) is 0 Å². The molecule has 110 valence electrons. The molecule has 22 heavy (non-hydrogen) atoms. The molecule has 0 saturated carbocycles. The molecule has 2 aromatic carbocycles. The minimum Gasteiger partial charge on any atom is -0.508 e. The summed E-state index contributed by atoms with van der Waals surface area (Å²) in [5.74, 6) is 0.0682. The van der Waals surface area contributed by atoms with Crippen molar-refractivity contribution >= 4 is 22.5 Å². The van der Waals surface area contributed by atoms with E-state index >= 15 is 0 Å². The molecule has 0 radical (unpaired) electrons. The molecule has 0 bridgehead atoms. The number of hydrogen-bond acceptors (Lipinski definition) is 2. The Morgan fingerprint density at radius 3 is 2.73 bits per heavy atom. The van der Waals surface area contributed by atoms with Crippen molar-refractivity contribution in [2.45, 2.75) is 13.5 Å². The third-order valence-electron chi connectivity index (χ3n) is 4.48. The van der Waals surface area contributed by atoms with Crippen LogP contribution >= 0.6 is 0 Å². The fourth-order valence-electron chi connectivity index (χ4n) is 3.12. The molecule has 0 spiro atoms. The summed E-state index contributed by atoms with van der Waals surface area (Å²) in [4.78, 5) is 14.3. The number of hydrogen-bond donors (Lipinski definition) is 1. The lowest BCUT2D eigenvalue weighted by atomic mass is 10.1. The third-order valence-corrected chi connectivity index (χ3v) is 4.48. The lowest BCUT2D eigenvalue weighted by Gasteiger charge is -2.16. The zero-order valence-electron chi connectivity index (χ0n) is 12.5. The zero-order valence-corrected chi connectivity index (χ0v) is 12.5. The Morgan fingerprint density at radius 1 is 1.09 bits per heavy atom. The van der Waals surface area contributed by atoms with Crippen LogP contribution in [-0.2, 0) is 13.6 Å². The van der Waals surface area contributed by atoms with Gasteiger partial charge in [-0.05, 0) is 48.2 Å². The number of phenolic OH excluding ortho intramolecular Hbond substituents is 1. The van der Waals surface area contributed by atoms with Crippen molar-refractivity contribution in [1.82, 2.24) is 4.57 Å². The van der Waals surface area contributed by atoms with Crippen LogP contribution in [0.4, 0.5) is 5.69 Å². The van der Waals surface area contributed by atoms with Crippen LogP contribution in [0.3, 0.4) is 0 Å². The maximum absolute atomic E-state index is 12.6. The van der Waals surface area contributed by atoms with E-state index in [9.17, 15) is 9.90 Å². The van der Waals surface area contributed by atoms with Crippen molar-refractivity contribution in [2.75, 3.05) is 4.90 Å². The second kappa shape index (κ2) is 4.37. The number of aromatic nitrogens is 1. The topological polar surface area (TPSA) is 45.5 Å². The van der Waals surface area contributed by atoms with Crippen molar-refractivity contribution in [3.05, 3.63) is 59.3 Å². The summed E-state index contributed by atoms with van der Waals surface area (Å²) in [6.45, 7) is 2.61. The molecule has 0 aliphatic carbocycles. The average Bonchev–Trinajstić information content (AvgIpc) is 2.98. The molecule has 1 aliphatic rings. The lowest BCUT2D eigenvalue weighted by molar-refractivity contribution is 0.0996. The van der Waals surface area contributed by atoms with Gasteiger partial charge in [0.15, 0.2) is 0 Å². The van der Waals surface area contributed by atoms with E-state index in [-0.39, 0.29) is 11.7 Å². The predicted octanol–water partition coefficient (Wildman–Crippen LogP) is 3.35. The number of amides is 1. The number of aryl methyl sites for hydroxylation is 2. The first-order valence-electron chi connectivity index (χ1n) is 7.24. The Labute approximate surface area is 128 Å². The van der Waals surface area contributed by atoms with E-state index in [0.717, 1.165) is 16.8 Å². The van der Waals surface area contributed by atoms with E-state index in [1.54, 1.807) is 17.0 Å². The van der Waals surface area contributed by atoms with Crippen molar-refractivity contribution in [3.63, 3.8) is 0 Å². The number of anilines is 1. The predicted molar refractivity (Wildman–Crippen MR) is 86.3 cm³/mol. The van der Waals surface area contributed by atoms with Gasteiger partial charge in [-0.25, -0.2) is 0 Å². The lowest BCUT2D eigenvalue weighted by Crippen LogP contribution is -2.22. The van der Waals surface area contributed by atoms with Crippen LogP contribution in [0.15, 0.2) is 42.5 Å². The number of phenols is 1. The number of carbonyl (C=O) groups is 1. The van der Waals surface area contributed by atoms with Crippen LogP contribution in [0.2, 0.25) is 0 Å². The number of benzene rings is 2. The molecule has 4 heteroatoms. The Hall–Kier alpha value is -2.75. The summed E-state index contributed by atoms with van der Waals surface area (Å²) in [6.07, 6.45) is 0. The second-order valence-corrected chi connectivity index (χ2v) is 5.82. The standard InChI is InChI=1S/C18H16N2O2/c1-11-7-12-3-5-14(8-17(12)19(11)2)20-10-13-4-6-15(21)9-16(13)18(20)22/h3-9,21H,10H2,1-2H3. The Kier molecular flexibility index (Phi) is 2.57. The molecule has 4 rings (SSSR count). The maximum atomic E-state index is 12.6. The van der Waals surface area contributed by atoms with Crippen molar-refractivity contribution in [2.24, 2.45) is 7.05 Å². The molecule has 2 heterocycles. The number of fused-ring (bicyclic) bond motifs is 2. The quantitative estimate of drug-likeness (QED) is 0.747. The minimum absolute atomic E-state index is 0.0591. The van der Waals surface area contributed by atoms with Gasteiger partial charge in [0.2, 0.25) is 0 Å². The number of carbonyl (C=O) groups excluding carboxylic acids is 1. The molecule has 3 aromatic rings. The highest BCUT2D eigenvalue weighted by Gasteiger charge is 2.29. The first-order valence-corrected chi connectivity index (χ1v) is 7.24. The summed E-state index contributed by atoms with van der Waals surface area (Å²) >= 11 is 0. The van der Waals surface area contributed by atoms with E-state index in [1.807, 2.05) is 31.3 Å². The Balaban J connectivity index is 1.80.